The van der Waals surface area contributed by atoms with Crippen LogP contribution in [0.1, 0.15) is 20.8 Å². The molecule has 0 N–H and O–H groups in total. The Morgan fingerprint density at radius 3 is 2.21 bits per heavy atom. The van der Waals surface area contributed by atoms with Gasteiger partial charge in [0.15, 0.2) is 0 Å². The fourth-order valence-corrected chi connectivity index (χ4v) is 2.52. The van der Waals surface area contributed by atoms with Crippen molar-refractivity contribution in [3.63, 3.8) is 0 Å². The van der Waals surface area contributed by atoms with Crippen LogP contribution < -0.4 is 0 Å². The number of hydrogen-bond donors (Lipinski definition) is 0. The van der Waals surface area contributed by atoms with E-state index in [9.17, 15) is 9.59 Å². The van der Waals surface area contributed by atoms with Crippen molar-refractivity contribution >= 4 is 22.8 Å². The minimum Gasteiger partial charge on any atom is -0.465 e. The molecule has 24 heavy (non-hydrogen) atoms. The van der Waals surface area contributed by atoms with Crippen molar-refractivity contribution in [1.29, 1.82) is 0 Å². The van der Waals surface area contributed by atoms with Crippen molar-refractivity contribution in [3.05, 3.63) is 65.9 Å². The molecule has 0 spiro atoms. The van der Waals surface area contributed by atoms with Crippen LogP contribution in [0.25, 0.3) is 22.0 Å². The summed E-state index contributed by atoms with van der Waals surface area (Å²) in [6, 6.07) is 16.7. The van der Waals surface area contributed by atoms with E-state index in [1.54, 1.807) is 6.07 Å². The molecule has 3 aromatic rings. The molecule has 0 amide bonds. The molecule has 0 aliphatic rings. The van der Waals surface area contributed by atoms with E-state index < -0.39 is 11.9 Å². The summed E-state index contributed by atoms with van der Waals surface area (Å²) in [5.41, 5.74) is 2.84. The molecule has 0 fully saturated rings. The van der Waals surface area contributed by atoms with Crippen molar-refractivity contribution in [2.75, 3.05) is 14.2 Å². The van der Waals surface area contributed by atoms with Crippen LogP contribution in [0.5, 0.6) is 0 Å². The second kappa shape index (κ2) is 6.50. The Labute approximate surface area is 138 Å². The molecule has 1 heterocycles. The third kappa shape index (κ3) is 2.84. The summed E-state index contributed by atoms with van der Waals surface area (Å²) in [5, 5.41) is 0.621. The molecule has 0 bridgehead atoms. The van der Waals surface area contributed by atoms with Gasteiger partial charge in [-0.25, -0.2) is 14.6 Å². The Bertz CT molecular complexity index is 919. The number of methoxy groups -OCH3 is 2. The van der Waals surface area contributed by atoms with E-state index in [4.69, 9.17) is 9.47 Å². The molecule has 0 aliphatic heterocycles. The Morgan fingerprint density at radius 1 is 0.833 bits per heavy atom. The second-order valence-electron chi connectivity index (χ2n) is 5.14. The lowest BCUT2D eigenvalue weighted by Gasteiger charge is -2.09. The lowest BCUT2D eigenvalue weighted by Crippen LogP contribution is -2.09. The highest BCUT2D eigenvalue weighted by Gasteiger charge is 2.18. The van der Waals surface area contributed by atoms with Crippen LogP contribution >= 0.6 is 0 Å². The van der Waals surface area contributed by atoms with E-state index in [0.29, 0.717) is 10.9 Å². The molecule has 120 valence electrons. The van der Waals surface area contributed by atoms with Crippen molar-refractivity contribution < 1.29 is 19.1 Å². The van der Waals surface area contributed by atoms with Crippen molar-refractivity contribution in [2.24, 2.45) is 0 Å². The number of pyridine rings is 1. The predicted octanol–water partition coefficient (Wildman–Crippen LogP) is 3.48. The van der Waals surface area contributed by atoms with Gasteiger partial charge in [-0.3, -0.25) is 0 Å². The minimum absolute atomic E-state index is 0.0675. The standard InChI is InChI=1S/C19H15NO4/c1-23-18(21)15-11-17(19(22)24-2)20-16-9-8-13(10-14(15)16)12-6-4-3-5-7-12/h3-11H,1-2H3. The Hall–Kier alpha value is -3.21. The minimum atomic E-state index is -0.603. The number of aromatic nitrogens is 1. The van der Waals surface area contributed by atoms with Gasteiger partial charge in [0.2, 0.25) is 0 Å². The Balaban J connectivity index is 2.24. The van der Waals surface area contributed by atoms with Gasteiger partial charge in [-0.1, -0.05) is 36.4 Å². The van der Waals surface area contributed by atoms with Crippen LogP contribution in [0, 0.1) is 0 Å². The number of carbonyl (C=O) groups is 2. The molecule has 0 aliphatic carbocycles. The van der Waals surface area contributed by atoms with Crippen LogP contribution in [0.15, 0.2) is 54.6 Å². The summed E-state index contributed by atoms with van der Waals surface area (Å²) >= 11 is 0. The van der Waals surface area contributed by atoms with E-state index >= 15 is 0 Å². The summed E-state index contributed by atoms with van der Waals surface area (Å²) in [6.07, 6.45) is 0. The zero-order valence-corrected chi connectivity index (χ0v) is 13.3. The average Bonchev–Trinajstić information content (AvgIpc) is 2.66. The van der Waals surface area contributed by atoms with Gasteiger partial charge in [0.1, 0.15) is 5.69 Å². The van der Waals surface area contributed by atoms with Gasteiger partial charge in [0, 0.05) is 5.39 Å². The van der Waals surface area contributed by atoms with Crippen LogP contribution in [0.3, 0.4) is 0 Å². The largest absolute Gasteiger partial charge is 0.465 e. The highest BCUT2D eigenvalue weighted by atomic mass is 16.5. The normalized spacial score (nSPS) is 10.4. The maximum absolute atomic E-state index is 12.1. The number of fused-ring (bicyclic) bond motifs is 1. The van der Waals surface area contributed by atoms with E-state index in [2.05, 4.69) is 4.98 Å². The maximum atomic E-state index is 12.1. The van der Waals surface area contributed by atoms with Crippen molar-refractivity contribution in [1.82, 2.24) is 4.98 Å². The van der Waals surface area contributed by atoms with Gasteiger partial charge < -0.3 is 9.47 Å². The van der Waals surface area contributed by atoms with Gasteiger partial charge in [0.25, 0.3) is 0 Å². The molecule has 3 rings (SSSR count). The number of rotatable bonds is 3. The zero-order valence-electron chi connectivity index (χ0n) is 13.3. The molecule has 2 aromatic carbocycles. The van der Waals surface area contributed by atoms with Gasteiger partial charge in [-0.05, 0) is 29.3 Å². The van der Waals surface area contributed by atoms with E-state index in [-0.39, 0.29) is 11.3 Å². The molecular formula is C19H15NO4. The van der Waals surface area contributed by atoms with Gasteiger partial charge in [-0.15, -0.1) is 0 Å². The number of hydrogen-bond acceptors (Lipinski definition) is 5. The van der Waals surface area contributed by atoms with Crippen LogP contribution in [-0.2, 0) is 9.47 Å². The van der Waals surface area contributed by atoms with Gasteiger partial charge in [0.05, 0.1) is 25.3 Å². The maximum Gasteiger partial charge on any atom is 0.356 e. The molecule has 0 unspecified atom stereocenters. The van der Waals surface area contributed by atoms with Crippen molar-refractivity contribution in [3.8, 4) is 11.1 Å². The third-order valence-electron chi connectivity index (χ3n) is 3.72. The first kappa shape index (κ1) is 15.7. The Morgan fingerprint density at radius 2 is 1.54 bits per heavy atom. The number of nitrogens with zero attached hydrogens (tertiary/aromatic N) is 1. The fraction of sp³-hybridized carbons (Fsp3) is 0.105. The summed E-state index contributed by atoms with van der Waals surface area (Å²) < 4.78 is 9.53. The summed E-state index contributed by atoms with van der Waals surface area (Å²) in [4.78, 5) is 28.2. The molecule has 0 saturated carbocycles. The summed E-state index contributed by atoms with van der Waals surface area (Å²) in [7, 11) is 2.57. The first-order chi connectivity index (χ1) is 11.6. The fourth-order valence-electron chi connectivity index (χ4n) is 2.52. The second-order valence-corrected chi connectivity index (χ2v) is 5.14. The molecule has 5 heteroatoms. The first-order valence-corrected chi connectivity index (χ1v) is 7.31. The number of carbonyl (C=O) groups excluding carboxylic acids is 2. The predicted molar refractivity (Wildman–Crippen MR) is 89.9 cm³/mol. The summed E-state index contributed by atoms with van der Waals surface area (Å²) in [6.45, 7) is 0. The summed E-state index contributed by atoms with van der Waals surface area (Å²) in [5.74, 6) is -1.13. The monoisotopic (exact) mass is 321 g/mol. The van der Waals surface area contributed by atoms with E-state index in [1.165, 1.54) is 20.3 Å². The van der Waals surface area contributed by atoms with Crippen LogP contribution in [0.2, 0.25) is 0 Å². The van der Waals surface area contributed by atoms with Crippen LogP contribution in [0.4, 0.5) is 0 Å². The number of ether oxygens (including phenoxy) is 2. The molecule has 0 saturated heterocycles. The Kier molecular flexibility index (Phi) is 4.24. The SMILES string of the molecule is COC(=O)c1cc(C(=O)OC)c2cc(-c3ccccc3)ccc2n1. The topological polar surface area (TPSA) is 65.5 Å². The molecule has 0 atom stereocenters. The lowest BCUT2D eigenvalue weighted by atomic mass is 10.0. The number of benzene rings is 2. The van der Waals surface area contributed by atoms with Gasteiger partial charge in [-0.2, -0.15) is 0 Å². The molecule has 5 nitrogen and oxygen atoms in total. The molecule has 1 aromatic heterocycles. The zero-order chi connectivity index (χ0) is 17.1. The highest BCUT2D eigenvalue weighted by Crippen LogP contribution is 2.27. The van der Waals surface area contributed by atoms with E-state index in [0.717, 1.165) is 11.1 Å². The third-order valence-corrected chi connectivity index (χ3v) is 3.72. The van der Waals surface area contributed by atoms with Crippen molar-refractivity contribution in [2.45, 2.75) is 0 Å². The molecular weight excluding hydrogens is 306 g/mol. The quantitative estimate of drug-likeness (QED) is 0.691. The highest BCUT2D eigenvalue weighted by molar-refractivity contribution is 6.06. The number of esters is 2. The van der Waals surface area contributed by atoms with Crippen LogP contribution in [-0.4, -0.2) is 31.1 Å². The average molecular weight is 321 g/mol. The first-order valence-electron chi connectivity index (χ1n) is 7.31. The smallest absolute Gasteiger partial charge is 0.356 e. The van der Waals surface area contributed by atoms with E-state index in [1.807, 2.05) is 42.5 Å². The lowest BCUT2D eigenvalue weighted by molar-refractivity contribution is 0.0594. The molecule has 0 radical (unpaired) electrons. The van der Waals surface area contributed by atoms with Gasteiger partial charge >= 0.3 is 11.9 Å².